The molecule has 2 N–H and O–H groups in total. The number of morpholine rings is 1. The van der Waals surface area contributed by atoms with Gasteiger partial charge in [0.1, 0.15) is 5.82 Å². The van der Waals surface area contributed by atoms with Gasteiger partial charge in [-0.05, 0) is 36.2 Å². The fourth-order valence-corrected chi connectivity index (χ4v) is 5.91. The van der Waals surface area contributed by atoms with Crippen molar-refractivity contribution in [1.29, 1.82) is 0 Å². The molecule has 2 fully saturated rings. The van der Waals surface area contributed by atoms with Crippen molar-refractivity contribution in [3.63, 3.8) is 0 Å². The van der Waals surface area contributed by atoms with Crippen LogP contribution in [0.15, 0.2) is 45.8 Å². The first-order valence-corrected chi connectivity index (χ1v) is 12.8. The molecule has 36 heavy (non-hydrogen) atoms. The van der Waals surface area contributed by atoms with E-state index >= 15 is 4.39 Å². The average Bonchev–Trinajstić information content (AvgIpc) is 3.51. The Morgan fingerprint density at radius 1 is 1.25 bits per heavy atom. The zero-order chi connectivity index (χ0) is 24.3. The van der Waals surface area contributed by atoms with Crippen molar-refractivity contribution in [3.05, 3.63) is 52.8 Å². The second-order valence-corrected chi connectivity index (χ2v) is 10.7. The van der Waals surface area contributed by atoms with Crippen LogP contribution >= 0.6 is 24.0 Å². The number of hydrogen-bond acceptors (Lipinski definition) is 8. The molecule has 2 aliphatic heterocycles. The predicted molar refractivity (Wildman–Crippen MR) is 134 cm³/mol. The van der Waals surface area contributed by atoms with Gasteiger partial charge in [0.25, 0.3) is 0 Å². The first-order valence-electron chi connectivity index (χ1n) is 11.1. The van der Waals surface area contributed by atoms with E-state index in [-0.39, 0.29) is 53.1 Å². The van der Waals surface area contributed by atoms with Gasteiger partial charge in [-0.15, -0.1) is 12.4 Å². The Labute approximate surface area is 219 Å². The standard InChI is InChI=1S/C23H21ClFN5O4S.ClH/c24-13-3-1-12(2-4-13)10-30-18-7-14(15(25)8-20(18)35(32)11-16(26)22(30)31)21-27-23(34-28-21)29-5-6-33-19-9-17(19)29;/h1-4,7-8,16-17,19H,5-6,9-11,26H2;1H/t16-,17?,19?,35?;/m0./s1. The highest BCUT2D eigenvalue weighted by molar-refractivity contribution is 7.85. The molecular weight excluding hydrogens is 532 g/mol. The van der Waals surface area contributed by atoms with E-state index in [9.17, 15) is 9.00 Å². The van der Waals surface area contributed by atoms with Crippen molar-refractivity contribution in [2.75, 3.05) is 28.7 Å². The summed E-state index contributed by atoms with van der Waals surface area (Å²) in [5.74, 6) is -1.13. The van der Waals surface area contributed by atoms with Gasteiger partial charge in [0.05, 0.1) is 64.0 Å². The van der Waals surface area contributed by atoms with Gasteiger partial charge in [0.15, 0.2) is 0 Å². The van der Waals surface area contributed by atoms with Crippen LogP contribution in [0.1, 0.15) is 12.0 Å². The number of benzene rings is 2. The minimum absolute atomic E-state index is 0. The molecule has 1 aliphatic carbocycles. The van der Waals surface area contributed by atoms with Crippen LogP contribution in [0.4, 0.5) is 16.1 Å². The topological polar surface area (TPSA) is 115 Å². The van der Waals surface area contributed by atoms with E-state index in [1.807, 2.05) is 4.90 Å². The quantitative estimate of drug-likeness (QED) is 0.524. The van der Waals surface area contributed by atoms with E-state index < -0.39 is 28.6 Å². The summed E-state index contributed by atoms with van der Waals surface area (Å²) in [6, 6.07) is 9.10. The van der Waals surface area contributed by atoms with Crippen molar-refractivity contribution in [3.8, 4) is 11.4 Å². The largest absolute Gasteiger partial charge is 0.374 e. The lowest BCUT2D eigenvalue weighted by atomic mass is 10.1. The number of amides is 1. The second-order valence-electron chi connectivity index (χ2n) is 8.78. The van der Waals surface area contributed by atoms with Gasteiger partial charge in [-0.2, -0.15) is 4.98 Å². The van der Waals surface area contributed by atoms with E-state index in [0.29, 0.717) is 29.9 Å². The Morgan fingerprint density at radius 2 is 2.03 bits per heavy atom. The Morgan fingerprint density at radius 3 is 2.81 bits per heavy atom. The molecule has 3 aromatic rings. The minimum Gasteiger partial charge on any atom is -0.374 e. The Bertz CT molecular complexity index is 1340. The number of ether oxygens (including phenoxy) is 1. The molecule has 3 unspecified atom stereocenters. The van der Waals surface area contributed by atoms with Crippen LogP contribution in [0.3, 0.4) is 0 Å². The molecule has 0 spiro atoms. The second kappa shape index (κ2) is 9.71. The number of anilines is 2. The molecule has 3 aliphatic rings. The van der Waals surface area contributed by atoms with Crippen molar-refractivity contribution in [2.45, 2.75) is 36.0 Å². The molecule has 4 atom stereocenters. The molecule has 1 aromatic heterocycles. The van der Waals surface area contributed by atoms with Gasteiger partial charge in [-0.25, -0.2) is 4.39 Å². The molecule has 9 nitrogen and oxygen atoms in total. The highest BCUT2D eigenvalue weighted by Gasteiger charge is 2.47. The summed E-state index contributed by atoms with van der Waals surface area (Å²) in [6.07, 6.45) is 1.05. The maximum absolute atomic E-state index is 15.3. The summed E-state index contributed by atoms with van der Waals surface area (Å²) >= 11 is 5.99. The summed E-state index contributed by atoms with van der Waals surface area (Å²) in [7, 11) is -1.67. The van der Waals surface area contributed by atoms with Crippen LogP contribution < -0.4 is 15.5 Å². The van der Waals surface area contributed by atoms with Crippen LogP contribution in [-0.4, -0.2) is 57.3 Å². The number of rotatable bonds is 4. The minimum atomic E-state index is -1.67. The van der Waals surface area contributed by atoms with E-state index in [4.69, 9.17) is 26.6 Å². The Kier molecular flexibility index (Phi) is 6.77. The highest BCUT2D eigenvalue weighted by Crippen LogP contribution is 2.39. The third-order valence-corrected chi connectivity index (χ3v) is 8.15. The van der Waals surface area contributed by atoms with Crippen LogP contribution in [0, 0.1) is 5.82 Å². The number of nitrogens with zero attached hydrogens (tertiary/aromatic N) is 4. The Hall–Kier alpha value is -2.57. The Balaban J connectivity index is 0.00000267. The number of carbonyl (C=O) groups is 1. The zero-order valence-corrected chi connectivity index (χ0v) is 21.2. The fourth-order valence-electron chi connectivity index (χ4n) is 4.50. The van der Waals surface area contributed by atoms with Gasteiger partial charge >= 0.3 is 6.01 Å². The third-order valence-electron chi connectivity index (χ3n) is 6.42. The summed E-state index contributed by atoms with van der Waals surface area (Å²) in [4.78, 5) is 21.2. The van der Waals surface area contributed by atoms with Gasteiger partial charge in [0, 0.05) is 11.6 Å². The van der Waals surface area contributed by atoms with Crippen molar-refractivity contribution in [1.82, 2.24) is 10.1 Å². The van der Waals surface area contributed by atoms with Crippen molar-refractivity contribution < 1.29 is 22.7 Å². The molecule has 0 radical (unpaired) electrons. The number of aromatic nitrogens is 2. The molecule has 6 rings (SSSR count). The molecule has 3 heterocycles. The molecule has 190 valence electrons. The van der Waals surface area contributed by atoms with Crippen LogP contribution in [0.25, 0.3) is 11.4 Å². The van der Waals surface area contributed by atoms with Gasteiger partial charge < -0.3 is 24.8 Å². The first kappa shape index (κ1) is 25.1. The van der Waals surface area contributed by atoms with Gasteiger partial charge in [-0.3, -0.25) is 9.00 Å². The third kappa shape index (κ3) is 4.50. The molecule has 1 saturated heterocycles. The van der Waals surface area contributed by atoms with Crippen molar-refractivity contribution in [2.24, 2.45) is 5.73 Å². The summed E-state index contributed by atoms with van der Waals surface area (Å²) < 4.78 is 39.3. The average molecular weight is 554 g/mol. The summed E-state index contributed by atoms with van der Waals surface area (Å²) in [5.41, 5.74) is 7.18. The maximum atomic E-state index is 15.3. The van der Waals surface area contributed by atoms with Gasteiger partial charge in [-0.1, -0.05) is 28.9 Å². The maximum Gasteiger partial charge on any atom is 0.324 e. The van der Waals surface area contributed by atoms with Crippen LogP contribution in [0.5, 0.6) is 0 Å². The lowest BCUT2D eigenvalue weighted by Gasteiger charge is -2.25. The monoisotopic (exact) mass is 553 g/mol. The van der Waals surface area contributed by atoms with E-state index in [0.717, 1.165) is 12.0 Å². The highest BCUT2D eigenvalue weighted by atomic mass is 35.5. The molecule has 1 saturated carbocycles. The zero-order valence-electron chi connectivity index (χ0n) is 18.8. The predicted octanol–water partition coefficient (Wildman–Crippen LogP) is 2.91. The SMILES string of the molecule is Cl.N[C@H]1CS(=O)c2cc(F)c(-c3noc(N4CCOC5CC54)n3)cc2N(Cc2ccc(Cl)cc2)C1=O. The van der Waals surface area contributed by atoms with E-state index in [1.165, 1.54) is 17.0 Å². The number of halogens is 3. The molecule has 0 bridgehead atoms. The fraction of sp³-hybridized carbons (Fsp3) is 0.348. The summed E-state index contributed by atoms with van der Waals surface area (Å²) in [5, 5.41) is 4.55. The van der Waals surface area contributed by atoms with Crippen LogP contribution in [0.2, 0.25) is 5.02 Å². The van der Waals surface area contributed by atoms with E-state index in [2.05, 4.69) is 10.1 Å². The number of nitrogens with two attached hydrogens (primary N) is 1. The lowest BCUT2D eigenvalue weighted by Crippen LogP contribution is -2.44. The molecule has 13 heteroatoms. The smallest absolute Gasteiger partial charge is 0.324 e. The van der Waals surface area contributed by atoms with E-state index in [1.54, 1.807) is 24.3 Å². The lowest BCUT2D eigenvalue weighted by molar-refractivity contribution is -0.119. The number of fused-ring (bicyclic) bond motifs is 2. The summed E-state index contributed by atoms with van der Waals surface area (Å²) in [6.45, 7) is 1.31. The van der Waals surface area contributed by atoms with Crippen molar-refractivity contribution >= 4 is 52.4 Å². The van der Waals surface area contributed by atoms with Crippen LogP contribution in [-0.2, 0) is 26.9 Å². The number of hydrogen-bond donors (Lipinski definition) is 1. The molecular formula is C23H22Cl2FN5O4S. The normalized spacial score (nSPS) is 25.0. The first-order chi connectivity index (χ1) is 16.9. The van der Waals surface area contributed by atoms with Gasteiger partial charge in [0.2, 0.25) is 11.7 Å². The molecule has 1 amide bonds. The number of carbonyl (C=O) groups excluding carboxylic acids is 1. The molecule has 2 aromatic carbocycles.